The highest BCUT2D eigenvalue weighted by atomic mass is 79.9. The summed E-state index contributed by atoms with van der Waals surface area (Å²) < 4.78 is 25.5. The van der Waals surface area contributed by atoms with E-state index in [0.29, 0.717) is 11.3 Å². The zero-order valence-corrected chi connectivity index (χ0v) is 10.6. The van der Waals surface area contributed by atoms with Crippen LogP contribution in [0.2, 0.25) is 0 Å². The number of aromatic nitrogens is 3. The zero-order valence-electron chi connectivity index (χ0n) is 9.05. The van der Waals surface area contributed by atoms with Gasteiger partial charge in [-0.05, 0) is 28.1 Å². The van der Waals surface area contributed by atoms with Crippen molar-refractivity contribution in [3.05, 3.63) is 45.7 Å². The van der Waals surface area contributed by atoms with Gasteiger partial charge in [-0.25, -0.2) is 13.8 Å². The second-order valence-corrected chi connectivity index (χ2v) is 4.29. The largest absolute Gasteiger partial charge is 0.292 e. The molecule has 0 fully saturated rings. The van der Waals surface area contributed by atoms with Gasteiger partial charge < -0.3 is 0 Å². The predicted octanol–water partition coefficient (Wildman–Crippen LogP) is 2.33. The molecule has 0 radical (unpaired) electrons. The molecule has 0 aliphatic carbocycles. The monoisotopic (exact) mass is 315 g/mol. The Balaban J connectivity index is 2.48. The number of pyridine rings is 1. The van der Waals surface area contributed by atoms with Gasteiger partial charge >= 0.3 is 0 Å². The molecule has 0 aromatic carbocycles. The SMILES string of the molecule is O=c1c(Br)c(-c2cccnc2)ncn1CC(F)F. The molecule has 0 unspecified atom stereocenters. The minimum Gasteiger partial charge on any atom is -0.292 e. The quantitative estimate of drug-likeness (QED) is 0.873. The molecule has 2 aromatic heterocycles. The Bertz CT molecular complexity index is 601. The maximum Gasteiger partial charge on any atom is 0.268 e. The van der Waals surface area contributed by atoms with Crippen molar-refractivity contribution < 1.29 is 8.78 Å². The fourth-order valence-electron chi connectivity index (χ4n) is 1.45. The summed E-state index contributed by atoms with van der Waals surface area (Å²) in [6.07, 6.45) is 1.65. The van der Waals surface area contributed by atoms with Gasteiger partial charge in [-0.2, -0.15) is 0 Å². The molecule has 2 rings (SSSR count). The van der Waals surface area contributed by atoms with Crippen molar-refractivity contribution >= 4 is 15.9 Å². The van der Waals surface area contributed by atoms with Crippen LogP contribution in [0, 0.1) is 0 Å². The van der Waals surface area contributed by atoms with Crippen LogP contribution in [0.4, 0.5) is 8.78 Å². The van der Waals surface area contributed by atoms with E-state index in [1.807, 2.05) is 0 Å². The second kappa shape index (κ2) is 5.34. The second-order valence-electron chi connectivity index (χ2n) is 3.50. The Kier molecular flexibility index (Phi) is 3.81. The number of hydrogen-bond donors (Lipinski definition) is 0. The van der Waals surface area contributed by atoms with E-state index in [-0.39, 0.29) is 4.47 Å². The highest BCUT2D eigenvalue weighted by Crippen LogP contribution is 2.21. The topological polar surface area (TPSA) is 47.8 Å². The van der Waals surface area contributed by atoms with Gasteiger partial charge in [0, 0.05) is 18.0 Å². The molecule has 0 N–H and O–H groups in total. The average Bonchev–Trinajstić information content (AvgIpc) is 2.36. The van der Waals surface area contributed by atoms with Crippen LogP contribution < -0.4 is 5.56 Å². The number of nitrogens with zero attached hydrogens (tertiary/aromatic N) is 3. The summed E-state index contributed by atoms with van der Waals surface area (Å²) in [5.74, 6) is 0. The summed E-state index contributed by atoms with van der Waals surface area (Å²) in [7, 11) is 0. The van der Waals surface area contributed by atoms with Crippen molar-refractivity contribution in [3.8, 4) is 11.3 Å². The molecule has 2 heterocycles. The minimum atomic E-state index is -2.60. The Morgan fingerprint density at radius 2 is 2.22 bits per heavy atom. The minimum absolute atomic E-state index is 0.152. The first-order valence-electron chi connectivity index (χ1n) is 5.03. The first-order valence-corrected chi connectivity index (χ1v) is 5.82. The highest BCUT2D eigenvalue weighted by molar-refractivity contribution is 9.10. The lowest BCUT2D eigenvalue weighted by Gasteiger charge is -2.07. The molecule has 0 aliphatic rings. The molecule has 0 saturated carbocycles. The third-order valence-electron chi connectivity index (χ3n) is 2.25. The molecule has 0 spiro atoms. The van der Waals surface area contributed by atoms with Crippen molar-refractivity contribution in [1.29, 1.82) is 0 Å². The van der Waals surface area contributed by atoms with Crippen LogP contribution in [0.5, 0.6) is 0 Å². The third-order valence-corrected chi connectivity index (χ3v) is 2.97. The number of rotatable bonds is 3. The van der Waals surface area contributed by atoms with Gasteiger partial charge in [-0.15, -0.1) is 0 Å². The van der Waals surface area contributed by atoms with Crippen LogP contribution in [0.1, 0.15) is 0 Å². The Morgan fingerprint density at radius 1 is 1.44 bits per heavy atom. The molecule has 7 heteroatoms. The van der Waals surface area contributed by atoms with E-state index in [9.17, 15) is 13.6 Å². The van der Waals surface area contributed by atoms with Gasteiger partial charge in [0.1, 0.15) is 4.47 Å². The van der Waals surface area contributed by atoms with Crippen LogP contribution in [-0.2, 0) is 6.54 Å². The lowest BCUT2D eigenvalue weighted by molar-refractivity contribution is 0.124. The normalized spacial score (nSPS) is 10.9. The molecule has 0 saturated heterocycles. The number of hydrogen-bond acceptors (Lipinski definition) is 3. The Morgan fingerprint density at radius 3 is 2.83 bits per heavy atom. The van der Waals surface area contributed by atoms with Crippen LogP contribution in [0.3, 0.4) is 0 Å². The maximum atomic E-state index is 12.2. The molecule has 18 heavy (non-hydrogen) atoms. The van der Waals surface area contributed by atoms with Crippen LogP contribution >= 0.6 is 15.9 Å². The van der Waals surface area contributed by atoms with Gasteiger partial charge in [-0.3, -0.25) is 14.3 Å². The zero-order chi connectivity index (χ0) is 13.1. The Hall–Kier alpha value is -1.63. The molecule has 0 aliphatic heterocycles. The standard InChI is InChI=1S/C11H8BrF2N3O/c12-9-10(7-2-1-3-15-4-7)16-6-17(11(9)18)5-8(13)14/h1-4,6,8H,5H2. The molecule has 0 atom stereocenters. The van der Waals surface area contributed by atoms with E-state index < -0.39 is 18.5 Å². The van der Waals surface area contributed by atoms with Crippen LogP contribution in [-0.4, -0.2) is 21.0 Å². The van der Waals surface area contributed by atoms with Crippen molar-refractivity contribution in [2.24, 2.45) is 0 Å². The fourth-order valence-corrected chi connectivity index (χ4v) is 2.01. The fraction of sp³-hybridized carbons (Fsp3) is 0.182. The molecule has 0 amide bonds. The summed E-state index contributed by atoms with van der Waals surface area (Å²) in [5.41, 5.74) is 0.494. The number of alkyl halides is 2. The van der Waals surface area contributed by atoms with Gasteiger partial charge in [0.15, 0.2) is 0 Å². The van der Waals surface area contributed by atoms with Crippen LogP contribution in [0.15, 0.2) is 40.1 Å². The van der Waals surface area contributed by atoms with Crippen molar-refractivity contribution in [2.75, 3.05) is 0 Å². The molecule has 94 valence electrons. The molecule has 4 nitrogen and oxygen atoms in total. The van der Waals surface area contributed by atoms with Gasteiger partial charge in [0.05, 0.1) is 18.6 Å². The van der Waals surface area contributed by atoms with E-state index in [2.05, 4.69) is 25.9 Å². The van der Waals surface area contributed by atoms with Gasteiger partial charge in [0.2, 0.25) is 0 Å². The summed E-state index contributed by atoms with van der Waals surface area (Å²) in [6.45, 7) is -0.669. The lowest BCUT2D eigenvalue weighted by atomic mass is 10.2. The van der Waals surface area contributed by atoms with Crippen molar-refractivity contribution in [1.82, 2.24) is 14.5 Å². The van der Waals surface area contributed by atoms with E-state index >= 15 is 0 Å². The highest BCUT2D eigenvalue weighted by Gasteiger charge is 2.13. The summed E-state index contributed by atoms with van der Waals surface area (Å²) in [6, 6.07) is 3.44. The first kappa shape index (κ1) is 12.8. The summed E-state index contributed by atoms with van der Waals surface area (Å²) in [5, 5.41) is 0. The van der Waals surface area contributed by atoms with Gasteiger partial charge in [0.25, 0.3) is 12.0 Å². The third kappa shape index (κ3) is 2.61. The smallest absolute Gasteiger partial charge is 0.268 e. The summed E-state index contributed by atoms with van der Waals surface area (Å²) in [4.78, 5) is 19.7. The molecular formula is C11H8BrF2N3O. The summed E-state index contributed by atoms with van der Waals surface area (Å²) >= 11 is 3.09. The van der Waals surface area contributed by atoms with Crippen molar-refractivity contribution in [2.45, 2.75) is 13.0 Å². The van der Waals surface area contributed by atoms with E-state index in [4.69, 9.17) is 0 Å². The molecule has 2 aromatic rings. The molecular weight excluding hydrogens is 308 g/mol. The van der Waals surface area contributed by atoms with E-state index in [1.54, 1.807) is 24.5 Å². The maximum absolute atomic E-state index is 12.2. The number of halogens is 3. The first-order chi connectivity index (χ1) is 8.59. The van der Waals surface area contributed by atoms with Crippen molar-refractivity contribution in [3.63, 3.8) is 0 Å². The van der Waals surface area contributed by atoms with E-state index in [1.165, 1.54) is 0 Å². The average molecular weight is 316 g/mol. The lowest BCUT2D eigenvalue weighted by Crippen LogP contribution is -2.24. The Labute approximate surface area is 109 Å². The van der Waals surface area contributed by atoms with E-state index in [0.717, 1.165) is 10.9 Å². The van der Waals surface area contributed by atoms with Crippen LogP contribution in [0.25, 0.3) is 11.3 Å². The van der Waals surface area contributed by atoms with Gasteiger partial charge in [-0.1, -0.05) is 0 Å². The molecule has 0 bridgehead atoms. The predicted molar refractivity (Wildman–Crippen MR) is 65.4 cm³/mol.